The Hall–Kier alpha value is -1.24. The standard InChI is InChI=1S/C14H16N2O2S2/c1-9-11(12(17)15-8-14(18)4-2-5-14)20-13(16-9)10-3-6-19-7-10/h3,6-7,18H,2,4-5,8H2,1H3,(H,15,17). The Morgan fingerprint density at radius 2 is 2.35 bits per heavy atom. The lowest BCUT2D eigenvalue weighted by Gasteiger charge is -2.36. The van der Waals surface area contributed by atoms with Crippen molar-refractivity contribution in [3.8, 4) is 10.6 Å². The highest BCUT2D eigenvalue weighted by molar-refractivity contribution is 7.17. The number of carbonyl (C=O) groups excluding carboxylic acids is 1. The summed E-state index contributed by atoms with van der Waals surface area (Å²) in [7, 11) is 0. The fraction of sp³-hybridized carbons (Fsp3) is 0.429. The van der Waals surface area contributed by atoms with Crippen molar-refractivity contribution in [2.45, 2.75) is 31.8 Å². The van der Waals surface area contributed by atoms with Gasteiger partial charge in [0.2, 0.25) is 0 Å². The first-order valence-corrected chi connectivity index (χ1v) is 8.34. The van der Waals surface area contributed by atoms with Gasteiger partial charge in [-0.3, -0.25) is 4.79 Å². The third-order valence-corrected chi connectivity index (χ3v) is 5.52. The predicted molar refractivity (Wildman–Crippen MR) is 81.3 cm³/mol. The summed E-state index contributed by atoms with van der Waals surface area (Å²) in [4.78, 5) is 17.3. The van der Waals surface area contributed by atoms with Crippen LogP contribution in [0.4, 0.5) is 0 Å². The number of nitrogens with zero attached hydrogens (tertiary/aromatic N) is 1. The highest BCUT2D eigenvalue weighted by Crippen LogP contribution is 2.32. The lowest BCUT2D eigenvalue weighted by Crippen LogP contribution is -2.47. The summed E-state index contributed by atoms with van der Waals surface area (Å²) >= 11 is 3.02. The molecule has 106 valence electrons. The van der Waals surface area contributed by atoms with Crippen molar-refractivity contribution in [3.05, 3.63) is 27.4 Å². The molecule has 20 heavy (non-hydrogen) atoms. The molecule has 0 unspecified atom stereocenters. The Kier molecular flexibility index (Phi) is 3.62. The molecular formula is C14H16N2O2S2. The molecule has 1 amide bonds. The number of amides is 1. The van der Waals surface area contributed by atoms with Crippen molar-refractivity contribution in [2.75, 3.05) is 6.54 Å². The van der Waals surface area contributed by atoms with E-state index in [2.05, 4.69) is 10.3 Å². The molecule has 2 N–H and O–H groups in total. The van der Waals surface area contributed by atoms with Gasteiger partial charge in [-0.05, 0) is 37.6 Å². The van der Waals surface area contributed by atoms with Crippen LogP contribution in [0.25, 0.3) is 10.6 Å². The average Bonchev–Trinajstić information content (AvgIpc) is 3.02. The van der Waals surface area contributed by atoms with Gasteiger partial charge in [-0.15, -0.1) is 11.3 Å². The molecule has 1 fully saturated rings. The van der Waals surface area contributed by atoms with Gasteiger partial charge in [0.25, 0.3) is 5.91 Å². The van der Waals surface area contributed by atoms with Crippen LogP contribution >= 0.6 is 22.7 Å². The maximum atomic E-state index is 12.2. The summed E-state index contributed by atoms with van der Waals surface area (Å²) in [6.45, 7) is 2.18. The fourth-order valence-corrected chi connectivity index (χ4v) is 3.90. The molecule has 0 atom stereocenters. The molecule has 0 spiro atoms. The van der Waals surface area contributed by atoms with Crippen molar-refractivity contribution >= 4 is 28.6 Å². The Balaban J connectivity index is 1.71. The minimum atomic E-state index is -0.690. The lowest BCUT2D eigenvalue weighted by atomic mass is 9.80. The van der Waals surface area contributed by atoms with Crippen LogP contribution in [0, 0.1) is 6.92 Å². The number of carbonyl (C=O) groups is 1. The molecule has 2 aromatic heterocycles. The summed E-state index contributed by atoms with van der Waals surface area (Å²) < 4.78 is 0. The first-order chi connectivity index (χ1) is 9.57. The number of nitrogens with one attached hydrogen (secondary N) is 1. The van der Waals surface area contributed by atoms with E-state index in [1.807, 2.05) is 23.8 Å². The Bertz CT molecular complexity index is 615. The highest BCUT2D eigenvalue weighted by atomic mass is 32.1. The normalized spacial score (nSPS) is 16.7. The number of hydrogen-bond acceptors (Lipinski definition) is 5. The van der Waals surface area contributed by atoms with E-state index < -0.39 is 5.60 Å². The van der Waals surface area contributed by atoms with Crippen LogP contribution in [0.15, 0.2) is 16.8 Å². The van der Waals surface area contributed by atoms with E-state index in [9.17, 15) is 9.90 Å². The van der Waals surface area contributed by atoms with Crippen LogP contribution in [0.3, 0.4) is 0 Å². The lowest BCUT2D eigenvalue weighted by molar-refractivity contribution is -0.0300. The molecule has 0 bridgehead atoms. The number of aromatic nitrogens is 1. The minimum Gasteiger partial charge on any atom is -0.388 e. The van der Waals surface area contributed by atoms with Crippen molar-refractivity contribution in [3.63, 3.8) is 0 Å². The largest absolute Gasteiger partial charge is 0.388 e. The Morgan fingerprint density at radius 1 is 1.55 bits per heavy atom. The van der Waals surface area contributed by atoms with E-state index >= 15 is 0 Å². The topological polar surface area (TPSA) is 62.2 Å². The Labute approximate surface area is 125 Å². The summed E-state index contributed by atoms with van der Waals surface area (Å²) in [5.74, 6) is -0.137. The zero-order chi connectivity index (χ0) is 14.2. The molecule has 0 aliphatic heterocycles. The van der Waals surface area contributed by atoms with Gasteiger partial charge in [0, 0.05) is 17.5 Å². The number of hydrogen-bond donors (Lipinski definition) is 2. The number of thiazole rings is 1. The summed E-state index contributed by atoms with van der Waals surface area (Å²) in [5.41, 5.74) is 1.11. The molecule has 1 aliphatic carbocycles. The van der Waals surface area contributed by atoms with Gasteiger partial charge in [-0.2, -0.15) is 11.3 Å². The van der Waals surface area contributed by atoms with Gasteiger partial charge in [0.15, 0.2) is 0 Å². The molecule has 2 heterocycles. The third kappa shape index (κ3) is 2.63. The van der Waals surface area contributed by atoms with E-state index in [1.54, 1.807) is 11.3 Å². The van der Waals surface area contributed by atoms with E-state index in [0.717, 1.165) is 35.5 Å². The number of aryl methyl sites for hydroxylation is 1. The zero-order valence-corrected chi connectivity index (χ0v) is 12.8. The molecule has 0 radical (unpaired) electrons. The van der Waals surface area contributed by atoms with Crippen LogP contribution in [-0.2, 0) is 0 Å². The van der Waals surface area contributed by atoms with Crippen molar-refractivity contribution in [1.82, 2.24) is 10.3 Å². The molecular weight excluding hydrogens is 292 g/mol. The molecule has 6 heteroatoms. The Morgan fingerprint density at radius 3 is 2.95 bits per heavy atom. The second-order valence-corrected chi connectivity index (χ2v) is 6.99. The van der Waals surface area contributed by atoms with Gasteiger partial charge in [0.1, 0.15) is 9.88 Å². The van der Waals surface area contributed by atoms with Gasteiger partial charge in [0.05, 0.1) is 11.3 Å². The van der Waals surface area contributed by atoms with Crippen molar-refractivity contribution in [1.29, 1.82) is 0 Å². The molecule has 1 aliphatic rings. The molecule has 4 nitrogen and oxygen atoms in total. The predicted octanol–water partition coefficient (Wildman–Crippen LogP) is 2.82. The highest BCUT2D eigenvalue weighted by Gasteiger charge is 2.34. The van der Waals surface area contributed by atoms with Gasteiger partial charge < -0.3 is 10.4 Å². The summed E-state index contributed by atoms with van der Waals surface area (Å²) in [5, 5.41) is 17.7. The zero-order valence-electron chi connectivity index (χ0n) is 11.2. The van der Waals surface area contributed by atoms with Gasteiger partial charge in [-0.25, -0.2) is 4.98 Å². The maximum Gasteiger partial charge on any atom is 0.263 e. The van der Waals surface area contributed by atoms with Crippen molar-refractivity contribution < 1.29 is 9.90 Å². The first kappa shape index (κ1) is 13.7. The number of rotatable bonds is 4. The average molecular weight is 308 g/mol. The van der Waals surface area contributed by atoms with E-state index in [-0.39, 0.29) is 5.91 Å². The van der Waals surface area contributed by atoms with Gasteiger partial charge in [-0.1, -0.05) is 0 Å². The van der Waals surface area contributed by atoms with Crippen LogP contribution < -0.4 is 5.32 Å². The quantitative estimate of drug-likeness (QED) is 0.913. The molecule has 0 aromatic carbocycles. The second-order valence-electron chi connectivity index (χ2n) is 5.21. The van der Waals surface area contributed by atoms with Crippen LogP contribution in [0.5, 0.6) is 0 Å². The van der Waals surface area contributed by atoms with Crippen LogP contribution in [0.1, 0.15) is 34.6 Å². The maximum absolute atomic E-state index is 12.2. The second kappa shape index (κ2) is 5.27. The SMILES string of the molecule is Cc1nc(-c2ccsc2)sc1C(=O)NCC1(O)CCC1. The third-order valence-electron chi connectivity index (χ3n) is 3.63. The molecule has 2 aromatic rings. The van der Waals surface area contributed by atoms with E-state index in [0.29, 0.717) is 11.4 Å². The molecule has 0 saturated heterocycles. The number of thiophene rings is 1. The van der Waals surface area contributed by atoms with Gasteiger partial charge >= 0.3 is 0 Å². The van der Waals surface area contributed by atoms with E-state index in [1.165, 1.54) is 11.3 Å². The van der Waals surface area contributed by atoms with E-state index in [4.69, 9.17) is 0 Å². The summed E-state index contributed by atoms with van der Waals surface area (Å²) in [6.07, 6.45) is 2.58. The van der Waals surface area contributed by atoms with Crippen LogP contribution in [-0.4, -0.2) is 28.1 Å². The number of aliphatic hydroxyl groups is 1. The first-order valence-electron chi connectivity index (χ1n) is 6.58. The van der Waals surface area contributed by atoms with Crippen molar-refractivity contribution in [2.24, 2.45) is 0 Å². The van der Waals surface area contributed by atoms with Crippen LogP contribution in [0.2, 0.25) is 0 Å². The molecule has 3 rings (SSSR count). The smallest absolute Gasteiger partial charge is 0.263 e. The summed E-state index contributed by atoms with van der Waals surface area (Å²) in [6, 6.07) is 2.00. The molecule has 1 saturated carbocycles. The minimum absolute atomic E-state index is 0.137. The fourth-order valence-electron chi connectivity index (χ4n) is 2.20. The monoisotopic (exact) mass is 308 g/mol.